The molecule has 2 unspecified atom stereocenters. The van der Waals surface area contributed by atoms with Crippen LogP contribution in [0.15, 0.2) is 28.7 Å². The van der Waals surface area contributed by atoms with E-state index in [2.05, 4.69) is 45.1 Å². The van der Waals surface area contributed by atoms with Crippen LogP contribution in [0.4, 0.5) is 0 Å². The number of benzene rings is 1. The minimum absolute atomic E-state index is 0.531. The summed E-state index contributed by atoms with van der Waals surface area (Å²) in [5, 5.41) is 0. The molecule has 0 aliphatic carbocycles. The average Bonchev–Trinajstić information content (AvgIpc) is 2.28. The molecule has 0 amide bonds. The first-order valence-corrected chi connectivity index (χ1v) is 6.71. The summed E-state index contributed by atoms with van der Waals surface area (Å²) in [5.74, 6) is 0. The van der Waals surface area contributed by atoms with E-state index >= 15 is 0 Å². The quantitative estimate of drug-likeness (QED) is 0.844. The van der Waals surface area contributed by atoms with Crippen molar-refractivity contribution < 1.29 is 4.74 Å². The SMILES string of the molecule is Brc1ccc(CCN2CC3CC(C2)O3)cc1. The number of hydrogen-bond donors (Lipinski definition) is 0. The molecule has 3 aliphatic heterocycles. The van der Waals surface area contributed by atoms with E-state index in [9.17, 15) is 0 Å². The van der Waals surface area contributed by atoms with Crippen molar-refractivity contribution in [2.45, 2.75) is 25.0 Å². The third-order valence-corrected chi connectivity index (χ3v) is 3.99. The van der Waals surface area contributed by atoms with E-state index in [0.717, 1.165) is 30.5 Å². The largest absolute Gasteiger partial charge is 0.372 e. The molecule has 0 N–H and O–H groups in total. The molecule has 2 nitrogen and oxygen atoms in total. The van der Waals surface area contributed by atoms with Crippen LogP contribution in [0.3, 0.4) is 0 Å². The van der Waals surface area contributed by atoms with Crippen LogP contribution >= 0.6 is 15.9 Å². The van der Waals surface area contributed by atoms with E-state index in [4.69, 9.17) is 4.74 Å². The van der Waals surface area contributed by atoms with E-state index in [1.165, 1.54) is 12.0 Å². The number of hydrogen-bond acceptors (Lipinski definition) is 2. The Labute approximate surface area is 105 Å². The van der Waals surface area contributed by atoms with Gasteiger partial charge in [-0.2, -0.15) is 0 Å². The fourth-order valence-corrected chi connectivity index (χ4v) is 2.83. The third-order valence-electron chi connectivity index (χ3n) is 3.46. The van der Waals surface area contributed by atoms with Crippen LogP contribution in [0.5, 0.6) is 0 Å². The van der Waals surface area contributed by atoms with E-state index in [0.29, 0.717) is 12.2 Å². The summed E-state index contributed by atoms with van der Waals surface area (Å²) in [4.78, 5) is 2.53. The summed E-state index contributed by atoms with van der Waals surface area (Å²) in [6.45, 7) is 3.43. The number of nitrogens with zero attached hydrogens (tertiary/aromatic N) is 1. The maximum absolute atomic E-state index is 5.63. The van der Waals surface area contributed by atoms with Crippen LogP contribution in [-0.2, 0) is 11.2 Å². The topological polar surface area (TPSA) is 12.5 Å². The first kappa shape index (κ1) is 10.8. The number of rotatable bonds is 3. The van der Waals surface area contributed by atoms with E-state index in [1.807, 2.05) is 0 Å². The number of piperidine rings is 1. The summed E-state index contributed by atoms with van der Waals surface area (Å²) < 4.78 is 6.78. The maximum atomic E-state index is 5.63. The van der Waals surface area contributed by atoms with Crippen molar-refractivity contribution in [3.05, 3.63) is 34.3 Å². The highest BCUT2D eigenvalue weighted by Crippen LogP contribution is 2.27. The molecule has 0 saturated carbocycles. The molecule has 16 heavy (non-hydrogen) atoms. The molecule has 86 valence electrons. The van der Waals surface area contributed by atoms with Gasteiger partial charge >= 0.3 is 0 Å². The van der Waals surface area contributed by atoms with Gasteiger partial charge in [0.2, 0.25) is 0 Å². The molecule has 0 spiro atoms. The Hall–Kier alpha value is -0.380. The zero-order chi connectivity index (χ0) is 11.0. The number of fused-ring (bicyclic) bond motifs is 2. The first-order valence-electron chi connectivity index (χ1n) is 5.92. The average molecular weight is 282 g/mol. The van der Waals surface area contributed by atoms with Gasteiger partial charge in [-0.1, -0.05) is 28.1 Å². The molecule has 3 fully saturated rings. The molecule has 3 heteroatoms. The molecule has 1 aromatic rings. The molecule has 4 rings (SSSR count). The van der Waals surface area contributed by atoms with Crippen LogP contribution in [0.25, 0.3) is 0 Å². The maximum Gasteiger partial charge on any atom is 0.0731 e. The lowest BCUT2D eigenvalue weighted by Gasteiger charge is -2.47. The third kappa shape index (κ3) is 2.31. The molecular weight excluding hydrogens is 266 g/mol. The molecular formula is C13H16BrNO. The van der Waals surface area contributed by atoms with Crippen LogP contribution in [0.2, 0.25) is 0 Å². The van der Waals surface area contributed by atoms with Gasteiger partial charge in [-0.05, 0) is 24.1 Å². The Morgan fingerprint density at radius 3 is 2.44 bits per heavy atom. The van der Waals surface area contributed by atoms with Crippen molar-refractivity contribution in [1.29, 1.82) is 0 Å². The van der Waals surface area contributed by atoms with Gasteiger partial charge in [-0.3, -0.25) is 4.90 Å². The highest BCUT2D eigenvalue weighted by Gasteiger charge is 2.37. The van der Waals surface area contributed by atoms with Crippen molar-refractivity contribution in [3.63, 3.8) is 0 Å². The van der Waals surface area contributed by atoms with Gasteiger partial charge < -0.3 is 4.74 Å². The van der Waals surface area contributed by atoms with E-state index < -0.39 is 0 Å². The smallest absolute Gasteiger partial charge is 0.0731 e. The summed E-state index contributed by atoms with van der Waals surface area (Å²) in [5.41, 5.74) is 1.42. The second kappa shape index (κ2) is 4.47. The van der Waals surface area contributed by atoms with Gasteiger partial charge in [0.15, 0.2) is 0 Å². The Bertz CT molecular complexity index is 349. The Balaban J connectivity index is 1.51. The summed E-state index contributed by atoms with van der Waals surface area (Å²) >= 11 is 3.46. The highest BCUT2D eigenvalue weighted by molar-refractivity contribution is 9.10. The predicted octanol–water partition coefficient (Wildman–Crippen LogP) is 2.46. The number of morpholine rings is 1. The number of ether oxygens (including phenoxy) is 1. The lowest BCUT2D eigenvalue weighted by molar-refractivity contribution is -0.180. The molecule has 3 saturated heterocycles. The van der Waals surface area contributed by atoms with Crippen LogP contribution < -0.4 is 0 Å². The Kier molecular flexibility index (Phi) is 3.01. The second-order valence-electron chi connectivity index (χ2n) is 4.75. The van der Waals surface area contributed by atoms with Crippen molar-refractivity contribution in [1.82, 2.24) is 4.90 Å². The molecule has 3 heterocycles. The fraction of sp³-hybridized carbons (Fsp3) is 0.538. The summed E-state index contributed by atoms with van der Waals surface area (Å²) in [6.07, 6.45) is 3.49. The lowest BCUT2D eigenvalue weighted by atomic mass is 9.98. The zero-order valence-electron chi connectivity index (χ0n) is 9.23. The summed E-state index contributed by atoms with van der Waals surface area (Å²) in [6, 6.07) is 8.63. The number of halogens is 1. The lowest BCUT2D eigenvalue weighted by Crippen LogP contribution is -2.57. The standard InChI is InChI=1S/C13H16BrNO/c14-11-3-1-10(2-4-11)5-6-15-8-12-7-13(9-15)16-12/h1-4,12-13H,5-9H2. The van der Waals surface area contributed by atoms with Gasteiger partial charge in [0, 0.05) is 30.5 Å². The van der Waals surface area contributed by atoms with Crippen molar-refractivity contribution in [2.75, 3.05) is 19.6 Å². The first-order chi connectivity index (χ1) is 7.79. The van der Waals surface area contributed by atoms with Crippen LogP contribution in [-0.4, -0.2) is 36.7 Å². The molecule has 1 aromatic carbocycles. The molecule has 0 radical (unpaired) electrons. The highest BCUT2D eigenvalue weighted by atomic mass is 79.9. The predicted molar refractivity (Wildman–Crippen MR) is 67.6 cm³/mol. The van der Waals surface area contributed by atoms with E-state index in [1.54, 1.807) is 0 Å². The van der Waals surface area contributed by atoms with Gasteiger partial charge in [0.1, 0.15) is 0 Å². The Morgan fingerprint density at radius 2 is 1.81 bits per heavy atom. The van der Waals surface area contributed by atoms with Crippen molar-refractivity contribution in [2.24, 2.45) is 0 Å². The molecule has 2 bridgehead atoms. The van der Waals surface area contributed by atoms with Crippen LogP contribution in [0, 0.1) is 0 Å². The van der Waals surface area contributed by atoms with Gasteiger partial charge in [0.25, 0.3) is 0 Å². The molecule has 2 atom stereocenters. The summed E-state index contributed by atoms with van der Waals surface area (Å²) in [7, 11) is 0. The van der Waals surface area contributed by atoms with Crippen molar-refractivity contribution >= 4 is 15.9 Å². The van der Waals surface area contributed by atoms with Gasteiger partial charge in [0.05, 0.1) is 12.2 Å². The zero-order valence-corrected chi connectivity index (χ0v) is 10.8. The minimum Gasteiger partial charge on any atom is -0.372 e. The fourth-order valence-electron chi connectivity index (χ4n) is 2.56. The van der Waals surface area contributed by atoms with E-state index in [-0.39, 0.29) is 0 Å². The van der Waals surface area contributed by atoms with Gasteiger partial charge in [-0.25, -0.2) is 0 Å². The van der Waals surface area contributed by atoms with Crippen molar-refractivity contribution in [3.8, 4) is 0 Å². The molecule has 0 aromatic heterocycles. The second-order valence-corrected chi connectivity index (χ2v) is 5.67. The monoisotopic (exact) mass is 281 g/mol. The Morgan fingerprint density at radius 1 is 1.19 bits per heavy atom. The minimum atomic E-state index is 0.531. The molecule has 3 aliphatic rings. The van der Waals surface area contributed by atoms with Gasteiger partial charge in [-0.15, -0.1) is 0 Å². The van der Waals surface area contributed by atoms with Crippen LogP contribution in [0.1, 0.15) is 12.0 Å². The normalized spacial score (nSPS) is 28.8.